The Labute approximate surface area is 198 Å². The van der Waals surface area contributed by atoms with Crippen LogP contribution in [0, 0.1) is 11.8 Å². The third kappa shape index (κ3) is 11.4. The fourth-order valence-electron chi connectivity index (χ4n) is 2.79. The van der Waals surface area contributed by atoms with Crippen LogP contribution in [0.5, 0.6) is 0 Å². The Hall–Kier alpha value is -3.42. The van der Waals surface area contributed by atoms with Crippen LogP contribution in [0.15, 0.2) is 4.99 Å². The summed E-state index contributed by atoms with van der Waals surface area (Å²) >= 11 is 0. The Morgan fingerprint density at radius 2 is 1.38 bits per heavy atom. The highest BCUT2D eigenvalue weighted by Crippen LogP contribution is 2.07. The minimum Gasteiger partial charge on any atom is -0.480 e. The van der Waals surface area contributed by atoms with E-state index in [-0.39, 0.29) is 31.3 Å². The van der Waals surface area contributed by atoms with Crippen molar-refractivity contribution < 1.29 is 29.1 Å². The van der Waals surface area contributed by atoms with Crippen LogP contribution in [-0.2, 0) is 24.0 Å². The van der Waals surface area contributed by atoms with Gasteiger partial charge in [-0.1, -0.05) is 27.7 Å². The lowest BCUT2D eigenvalue weighted by atomic mass is 10.0. The van der Waals surface area contributed by atoms with Gasteiger partial charge in [0.25, 0.3) is 0 Å². The molecule has 14 nitrogen and oxygen atoms in total. The molecule has 0 aliphatic rings. The molecule has 34 heavy (non-hydrogen) atoms. The maximum Gasteiger partial charge on any atom is 0.326 e. The highest BCUT2D eigenvalue weighted by Gasteiger charge is 2.32. The number of nitrogens with zero attached hydrogens (tertiary/aromatic N) is 1. The largest absolute Gasteiger partial charge is 0.480 e. The van der Waals surface area contributed by atoms with Crippen molar-refractivity contribution in [1.29, 1.82) is 0 Å². The number of aliphatic carboxylic acids is 1. The maximum atomic E-state index is 12.8. The zero-order chi connectivity index (χ0) is 26.6. The molecule has 0 aromatic carbocycles. The third-order valence-corrected chi connectivity index (χ3v) is 4.87. The Morgan fingerprint density at radius 3 is 1.82 bits per heavy atom. The van der Waals surface area contributed by atoms with Crippen LogP contribution in [0.2, 0.25) is 0 Å². The van der Waals surface area contributed by atoms with Gasteiger partial charge in [-0.15, -0.1) is 0 Å². The van der Waals surface area contributed by atoms with Crippen LogP contribution in [0.25, 0.3) is 0 Å². The van der Waals surface area contributed by atoms with Gasteiger partial charge in [-0.2, -0.15) is 0 Å². The molecule has 0 spiro atoms. The van der Waals surface area contributed by atoms with E-state index in [4.69, 9.17) is 22.9 Å². The van der Waals surface area contributed by atoms with E-state index in [0.29, 0.717) is 0 Å². The fraction of sp³-hybridized carbons (Fsp3) is 0.700. The first kappa shape index (κ1) is 30.6. The van der Waals surface area contributed by atoms with E-state index < -0.39 is 66.1 Å². The molecular weight excluding hydrogens is 448 g/mol. The second kappa shape index (κ2) is 14.7. The van der Waals surface area contributed by atoms with Gasteiger partial charge < -0.3 is 44.0 Å². The number of nitrogens with one attached hydrogen (secondary N) is 3. The van der Waals surface area contributed by atoms with Crippen molar-refractivity contribution in [2.45, 2.75) is 71.1 Å². The van der Waals surface area contributed by atoms with Gasteiger partial charge in [0.15, 0.2) is 5.96 Å². The number of hydrogen-bond donors (Lipinski definition) is 8. The smallest absolute Gasteiger partial charge is 0.326 e. The highest BCUT2D eigenvalue weighted by atomic mass is 16.4. The summed E-state index contributed by atoms with van der Waals surface area (Å²) in [6.45, 7) is 6.87. The minimum atomic E-state index is -1.36. The van der Waals surface area contributed by atoms with Crippen molar-refractivity contribution >= 4 is 35.6 Å². The van der Waals surface area contributed by atoms with Crippen LogP contribution in [0.3, 0.4) is 0 Å². The summed E-state index contributed by atoms with van der Waals surface area (Å²) in [5.41, 5.74) is 21.4. The van der Waals surface area contributed by atoms with Crippen molar-refractivity contribution in [2.75, 3.05) is 6.54 Å². The molecule has 0 saturated carbocycles. The zero-order valence-corrected chi connectivity index (χ0v) is 20.0. The monoisotopic (exact) mass is 486 g/mol. The number of hydrogen-bond acceptors (Lipinski definition) is 7. The zero-order valence-electron chi connectivity index (χ0n) is 20.0. The molecule has 14 heteroatoms. The molecule has 4 unspecified atom stereocenters. The summed E-state index contributed by atoms with van der Waals surface area (Å²) in [5, 5.41) is 16.6. The molecule has 0 fully saturated rings. The predicted molar refractivity (Wildman–Crippen MR) is 125 cm³/mol. The topological polar surface area (TPSA) is 258 Å². The van der Waals surface area contributed by atoms with Crippen LogP contribution in [0.1, 0.15) is 47.0 Å². The number of carbonyl (C=O) groups excluding carboxylic acids is 4. The number of guanidine groups is 1. The van der Waals surface area contributed by atoms with Crippen LogP contribution in [0.4, 0.5) is 0 Å². The van der Waals surface area contributed by atoms with Gasteiger partial charge >= 0.3 is 5.97 Å². The average Bonchev–Trinajstić information content (AvgIpc) is 2.71. The standard InChI is InChI=1S/C20H38N8O6/c1-9(2)14(22)17(31)27-12(8-13(21)29)16(30)28-15(10(3)4)18(32)26-11(19(33)34)6-5-7-25-20(23)24/h9-12,14-15H,5-8,22H2,1-4H3,(H2,21,29)(H,26,32)(H,27,31)(H,28,30)(H,33,34)(H4,23,24,25). The van der Waals surface area contributed by atoms with E-state index in [2.05, 4.69) is 20.9 Å². The quantitative estimate of drug-likeness (QED) is 0.0669. The molecule has 0 aromatic heterocycles. The normalized spacial score (nSPS) is 14.4. The van der Waals surface area contributed by atoms with E-state index in [1.54, 1.807) is 27.7 Å². The maximum absolute atomic E-state index is 12.8. The molecule has 0 aliphatic heterocycles. The van der Waals surface area contributed by atoms with E-state index in [9.17, 15) is 29.1 Å². The number of aliphatic imine (C=N–C) groups is 1. The van der Waals surface area contributed by atoms with Crippen LogP contribution in [-0.4, -0.2) is 71.4 Å². The molecule has 0 radical (unpaired) electrons. The van der Waals surface area contributed by atoms with Gasteiger partial charge in [0.2, 0.25) is 23.6 Å². The molecule has 4 atom stereocenters. The number of amides is 4. The summed E-state index contributed by atoms with van der Waals surface area (Å²) in [5.74, 6) is -5.19. The molecule has 0 aliphatic carbocycles. The summed E-state index contributed by atoms with van der Waals surface area (Å²) in [7, 11) is 0. The van der Waals surface area contributed by atoms with Crippen molar-refractivity contribution in [1.82, 2.24) is 16.0 Å². The number of carbonyl (C=O) groups is 5. The summed E-state index contributed by atoms with van der Waals surface area (Å²) in [6, 6.07) is -4.69. The van der Waals surface area contributed by atoms with Gasteiger partial charge in [0.05, 0.1) is 12.5 Å². The highest BCUT2D eigenvalue weighted by molar-refractivity contribution is 5.96. The molecule has 0 aromatic rings. The van der Waals surface area contributed by atoms with Crippen molar-refractivity contribution in [3.05, 3.63) is 0 Å². The van der Waals surface area contributed by atoms with Crippen molar-refractivity contribution in [2.24, 2.45) is 39.8 Å². The first-order valence-corrected chi connectivity index (χ1v) is 10.9. The summed E-state index contributed by atoms with van der Waals surface area (Å²) in [4.78, 5) is 64.6. The summed E-state index contributed by atoms with van der Waals surface area (Å²) in [6.07, 6.45) is -0.182. The van der Waals surface area contributed by atoms with E-state index >= 15 is 0 Å². The molecule has 0 rings (SSSR count). The van der Waals surface area contributed by atoms with E-state index in [0.717, 1.165) is 0 Å². The third-order valence-electron chi connectivity index (χ3n) is 4.87. The second-order valence-corrected chi connectivity index (χ2v) is 8.58. The van der Waals surface area contributed by atoms with Gasteiger partial charge in [-0.05, 0) is 24.7 Å². The lowest BCUT2D eigenvalue weighted by molar-refractivity contribution is -0.143. The van der Waals surface area contributed by atoms with Gasteiger partial charge in [-0.3, -0.25) is 24.2 Å². The SMILES string of the molecule is CC(C)C(N)C(=O)NC(CC(N)=O)C(=O)NC(C(=O)NC(CCCN=C(N)N)C(=O)O)C(C)C. The molecule has 194 valence electrons. The Kier molecular flexibility index (Phi) is 13.2. The molecule has 0 saturated heterocycles. The molecular formula is C20H38N8O6. The lowest BCUT2D eigenvalue weighted by Gasteiger charge is -2.27. The Morgan fingerprint density at radius 1 is 0.824 bits per heavy atom. The number of carboxylic acids is 1. The fourth-order valence-corrected chi connectivity index (χ4v) is 2.79. The first-order chi connectivity index (χ1) is 15.7. The number of rotatable bonds is 15. The van der Waals surface area contributed by atoms with Crippen molar-refractivity contribution in [3.63, 3.8) is 0 Å². The number of carboxylic acid groups (broad SMARTS) is 1. The molecule has 0 heterocycles. The van der Waals surface area contributed by atoms with Gasteiger partial charge in [0, 0.05) is 6.54 Å². The second-order valence-electron chi connectivity index (χ2n) is 8.58. The van der Waals surface area contributed by atoms with Crippen LogP contribution >= 0.6 is 0 Å². The predicted octanol–water partition coefficient (Wildman–Crippen LogP) is -2.91. The average molecular weight is 487 g/mol. The summed E-state index contributed by atoms with van der Waals surface area (Å²) < 4.78 is 0. The molecule has 0 bridgehead atoms. The van der Waals surface area contributed by atoms with Gasteiger partial charge in [-0.25, -0.2) is 4.79 Å². The number of primary amides is 1. The van der Waals surface area contributed by atoms with Gasteiger partial charge in [0.1, 0.15) is 18.1 Å². The minimum absolute atomic E-state index is 0.0457. The van der Waals surface area contributed by atoms with Crippen LogP contribution < -0.4 is 38.9 Å². The van der Waals surface area contributed by atoms with E-state index in [1.165, 1.54) is 0 Å². The lowest BCUT2D eigenvalue weighted by Crippen LogP contribution is -2.59. The Bertz CT molecular complexity index is 766. The number of nitrogens with two attached hydrogens (primary N) is 4. The van der Waals surface area contributed by atoms with E-state index in [1.807, 2.05) is 0 Å². The van der Waals surface area contributed by atoms with Crippen molar-refractivity contribution in [3.8, 4) is 0 Å². The molecule has 4 amide bonds. The first-order valence-electron chi connectivity index (χ1n) is 10.9. The molecule has 12 N–H and O–H groups in total. The Balaban J connectivity index is 5.39.